The minimum atomic E-state index is -0.133. The molecule has 0 unspecified atom stereocenters. The van der Waals surface area contributed by atoms with Crippen LogP contribution in [0.3, 0.4) is 0 Å². The highest BCUT2D eigenvalue weighted by atomic mass is 16.5. The lowest BCUT2D eigenvalue weighted by atomic mass is 9.95. The topological polar surface area (TPSA) is 75.6 Å². The zero-order valence-corrected chi connectivity index (χ0v) is 14.6. The number of piperidine rings is 1. The van der Waals surface area contributed by atoms with Crippen LogP contribution in [0.1, 0.15) is 23.2 Å². The third kappa shape index (κ3) is 3.26. The van der Waals surface area contributed by atoms with Crippen molar-refractivity contribution in [2.45, 2.75) is 12.8 Å². The van der Waals surface area contributed by atoms with E-state index in [1.807, 2.05) is 17.0 Å². The average molecular weight is 354 g/mol. The van der Waals surface area contributed by atoms with Gasteiger partial charge in [-0.1, -0.05) is 6.07 Å². The van der Waals surface area contributed by atoms with Gasteiger partial charge in [0, 0.05) is 38.6 Å². The molecule has 2 aliphatic rings. The summed E-state index contributed by atoms with van der Waals surface area (Å²) in [5, 5.41) is 0. The molecule has 2 fully saturated rings. The first kappa shape index (κ1) is 16.9. The van der Waals surface area contributed by atoms with E-state index in [0.717, 1.165) is 12.8 Å². The number of carbonyl (C=O) groups is 2. The quantitative estimate of drug-likeness (QED) is 0.814. The molecule has 0 spiro atoms. The predicted octanol–water partition coefficient (Wildman–Crippen LogP) is 1.34. The minimum absolute atomic E-state index is 0.0735. The molecule has 2 saturated heterocycles. The summed E-state index contributed by atoms with van der Waals surface area (Å²) in [7, 11) is 0. The van der Waals surface area contributed by atoms with E-state index < -0.39 is 0 Å². The number of carbonyl (C=O) groups excluding carboxylic acids is 2. The molecule has 0 aliphatic carbocycles. The van der Waals surface area contributed by atoms with Gasteiger partial charge in [0.2, 0.25) is 5.91 Å². The Hall–Kier alpha value is -2.54. The third-order valence-electron chi connectivity index (χ3n) is 5.11. The van der Waals surface area contributed by atoms with E-state index in [-0.39, 0.29) is 17.7 Å². The molecular formula is C19H22N4O3. The van der Waals surface area contributed by atoms with Gasteiger partial charge in [-0.25, -0.2) is 0 Å². The molecule has 2 amide bonds. The normalized spacial score (nSPS) is 21.0. The fourth-order valence-corrected chi connectivity index (χ4v) is 3.74. The summed E-state index contributed by atoms with van der Waals surface area (Å²) in [6, 6.07) is 5.46. The lowest BCUT2D eigenvalue weighted by Crippen LogP contribution is -2.49. The molecule has 0 saturated carbocycles. The highest BCUT2D eigenvalue weighted by molar-refractivity contribution is 6.04. The molecule has 3 heterocycles. The molecule has 136 valence electrons. The lowest BCUT2D eigenvalue weighted by Gasteiger charge is -2.36. The van der Waals surface area contributed by atoms with Crippen LogP contribution in [0.5, 0.6) is 0 Å². The Labute approximate surface area is 152 Å². The molecule has 0 N–H and O–H groups in total. The van der Waals surface area contributed by atoms with Crippen molar-refractivity contribution in [1.29, 1.82) is 0 Å². The molecule has 1 atom stereocenters. The third-order valence-corrected chi connectivity index (χ3v) is 5.11. The maximum atomic E-state index is 13.1. The highest BCUT2D eigenvalue weighted by Crippen LogP contribution is 2.23. The van der Waals surface area contributed by atoms with Gasteiger partial charge < -0.3 is 14.5 Å². The van der Waals surface area contributed by atoms with Crippen LogP contribution in [0.15, 0.2) is 30.6 Å². The van der Waals surface area contributed by atoms with E-state index in [9.17, 15) is 9.59 Å². The molecule has 0 radical (unpaired) electrons. The molecule has 4 rings (SSSR count). The van der Waals surface area contributed by atoms with Gasteiger partial charge in [0.25, 0.3) is 5.91 Å². The number of ether oxygens (including phenoxy) is 1. The van der Waals surface area contributed by atoms with Gasteiger partial charge in [0.1, 0.15) is 5.52 Å². The van der Waals surface area contributed by atoms with Gasteiger partial charge in [-0.2, -0.15) is 0 Å². The van der Waals surface area contributed by atoms with Crippen molar-refractivity contribution in [2.24, 2.45) is 5.92 Å². The molecule has 2 aliphatic heterocycles. The van der Waals surface area contributed by atoms with E-state index in [1.54, 1.807) is 23.4 Å². The number of morpholine rings is 1. The van der Waals surface area contributed by atoms with Gasteiger partial charge in [-0.15, -0.1) is 0 Å². The summed E-state index contributed by atoms with van der Waals surface area (Å²) >= 11 is 0. The van der Waals surface area contributed by atoms with Crippen molar-refractivity contribution in [3.8, 4) is 0 Å². The number of nitrogens with zero attached hydrogens (tertiary/aromatic N) is 4. The van der Waals surface area contributed by atoms with Crippen molar-refractivity contribution >= 4 is 22.8 Å². The number of rotatable bonds is 2. The zero-order chi connectivity index (χ0) is 17.9. The van der Waals surface area contributed by atoms with E-state index in [4.69, 9.17) is 4.74 Å². The van der Waals surface area contributed by atoms with E-state index in [1.165, 1.54) is 0 Å². The summed E-state index contributed by atoms with van der Waals surface area (Å²) in [5.41, 5.74) is 1.87. The van der Waals surface area contributed by atoms with Crippen LogP contribution in [0, 0.1) is 5.92 Å². The first-order valence-corrected chi connectivity index (χ1v) is 9.09. The monoisotopic (exact) mass is 354 g/mol. The number of benzene rings is 1. The number of hydrogen-bond donors (Lipinski definition) is 0. The second-order valence-corrected chi connectivity index (χ2v) is 6.76. The Morgan fingerprint density at radius 2 is 1.85 bits per heavy atom. The summed E-state index contributed by atoms with van der Waals surface area (Å²) in [6.07, 6.45) is 4.88. The highest BCUT2D eigenvalue weighted by Gasteiger charge is 2.32. The van der Waals surface area contributed by atoms with Crippen LogP contribution < -0.4 is 0 Å². The van der Waals surface area contributed by atoms with Crippen molar-refractivity contribution in [2.75, 3.05) is 39.4 Å². The van der Waals surface area contributed by atoms with Crippen molar-refractivity contribution in [1.82, 2.24) is 19.8 Å². The summed E-state index contributed by atoms with van der Waals surface area (Å²) < 4.78 is 5.32. The average Bonchev–Trinajstić information content (AvgIpc) is 2.73. The Kier molecular flexibility index (Phi) is 4.79. The van der Waals surface area contributed by atoms with Gasteiger partial charge in [-0.3, -0.25) is 19.6 Å². The van der Waals surface area contributed by atoms with Crippen LogP contribution in [-0.4, -0.2) is 71.0 Å². The maximum absolute atomic E-state index is 13.1. The summed E-state index contributed by atoms with van der Waals surface area (Å²) in [5.74, 6) is -0.0639. The van der Waals surface area contributed by atoms with Crippen molar-refractivity contribution in [3.63, 3.8) is 0 Å². The van der Waals surface area contributed by atoms with Gasteiger partial charge in [0.15, 0.2) is 0 Å². The summed E-state index contributed by atoms with van der Waals surface area (Å²) in [4.78, 5) is 38.1. The number of amides is 2. The molecule has 0 bridgehead atoms. The largest absolute Gasteiger partial charge is 0.378 e. The maximum Gasteiger partial charge on any atom is 0.256 e. The van der Waals surface area contributed by atoms with Crippen LogP contribution in [0.25, 0.3) is 11.0 Å². The molecule has 2 aromatic rings. The smallest absolute Gasteiger partial charge is 0.256 e. The predicted molar refractivity (Wildman–Crippen MR) is 95.6 cm³/mol. The Balaban J connectivity index is 1.52. The Morgan fingerprint density at radius 1 is 1.04 bits per heavy atom. The van der Waals surface area contributed by atoms with Crippen molar-refractivity contribution in [3.05, 3.63) is 36.2 Å². The standard InChI is InChI=1S/C19H22N4O3/c24-18(22-9-11-26-12-10-22)14-3-2-8-23(13-14)19(25)15-4-1-5-16-17(15)21-7-6-20-16/h1,4-7,14H,2-3,8-13H2/t14-/m0/s1. The second kappa shape index (κ2) is 7.37. The number of para-hydroxylation sites is 1. The SMILES string of the molecule is O=C(c1cccc2nccnc12)N1CCC[C@H](C(=O)N2CCOCC2)C1. The van der Waals surface area contributed by atoms with Gasteiger partial charge in [-0.05, 0) is 25.0 Å². The molecular weight excluding hydrogens is 332 g/mol. The lowest BCUT2D eigenvalue weighted by molar-refractivity contribution is -0.141. The number of aromatic nitrogens is 2. The number of likely N-dealkylation sites (tertiary alicyclic amines) is 1. The zero-order valence-electron chi connectivity index (χ0n) is 14.6. The second-order valence-electron chi connectivity index (χ2n) is 6.76. The first-order valence-electron chi connectivity index (χ1n) is 9.09. The van der Waals surface area contributed by atoms with Crippen LogP contribution in [0.4, 0.5) is 0 Å². The fraction of sp³-hybridized carbons (Fsp3) is 0.474. The molecule has 7 nitrogen and oxygen atoms in total. The van der Waals surface area contributed by atoms with E-state index in [0.29, 0.717) is 56.0 Å². The molecule has 26 heavy (non-hydrogen) atoms. The summed E-state index contributed by atoms with van der Waals surface area (Å²) in [6.45, 7) is 3.60. The van der Waals surface area contributed by atoms with Gasteiger partial charge in [0.05, 0.1) is 30.2 Å². The molecule has 1 aromatic carbocycles. The Morgan fingerprint density at radius 3 is 2.69 bits per heavy atom. The fourth-order valence-electron chi connectivity index (χ4n) is 3.74. The van der Waals surface area contributed by atoms with E-state index in [2.05, 4.69) is 9.97 Å². The molecule has 1 aromatic heterocycles. The van der Waals surface area contributed by atoms with E-state index >= 15 is 0 Å². The Bertz CT molecular complexity index is 814. The van der Waals surface area contributed by atoms with Crippen molar-refractivity contribution < 1.29 is 14.3 Å². The van der Waals surface area contributed by atoms with Crippen LogP contribution in [0.2, 0.25) is 0 Å². The van der Waals surface area contributed by atoms with Crippen LogP contribution in [-0.2, 0) is 9.53 Å². The minimum Gasteiger partial charge on any atom is -0.378 e. The number of hydrogen-bond acceptors (Lipinski definition) is 5. The van der Waals surface area contributed by atoms with Gasteiger partial charge >= 0.3 is 0 Å². The first-order chi connectivity index (χ1) is 12.7. The number of fused-ring (bicyclic) bond motifs is 1. The molecule has 7 heteroatoms. The van der Waals surface area contributed by atoms with Crippen LogP contribution >= 0.6 is 0 Å².